The summed E-state index contributed by atoms with van der Waals surface area (Å²) < 4.78 is 5.54. The van der Waals surface area contributed by atoms with Crippen LogP contribution in [-0.2, 0) is 14.3 Å². The Hall–Kier alpha value is -3.35. The number of amides is 2. The zero-order valence-electron chi connectivity index (χ0n) is 20.0. The second kappa shape index (κ2) is 11.7. The molecule has 0 fully saturated rings. The molecule has 1 aliphatic rings. The van der Waals surface area contributed by atoms with E-state index in [9.17, 15) is 14.4 Å². The number of carbonyl (C=O) groups is 3. The smallest absolute Gasteiger partial charge is 0.407 e. The Bertz CT molecular complexity index is 976. The van der Waals surface area contributed by atoms with Crippen LogP contribution in [0.15, 0.2) is 48.5 Å². The molecule has 0 radical (unpaired) electrons. The van der Waals surface area contributed by atoms with Gasteiger partial charge in [0.25, 0.3) is 0 Å². The van der Waals surface area contributed by atoms with Crippen LogP contribution in [0.4, 0.5) is 4.79 Å². The van der Waals surface area contributed by atoms with E-state index in [1.807, 2.05) is 43.3 Å². The van der Waals surface area contributed by atoms with Gasteiger partial charge in [-0.2, -0.15) is 0 Å². The highest BCUT2D eigenvalue weighted by molar-refractivity contribution is 5.86. The fourth-order valence-electron chi connectivity index (χ4n) is 4.49. The maximum absolute atomic E-state index is 12.8. The largest absolute Gasteiger partial charge is 0.481 e. The minimum atomic E-state index is -1.03. The van der Waals surface area contributed by atoms with E-state index in [4.69, 9.17) is 9.84 Å². The number of ether oxygens (including phenoxy) is 1. The number of nitrogens with one attached hydrogen (secondary N) is 2. The van der Waals surface area contributed by atoms with Gasteiger partial charge in [0.15, 0.2) is 0 Å². The highest BCUT2D eigenvalue weighted by Crippen LogP contribution is 2.44. The lowest BCUT2D eigenvalue weighted by atomic mass is 9.98. The second-order valence-electron chi connectivity index (χ2n) is 9.11. The van der Waals surface area contributed by atoms with Crippen LogP contribution in [0.25, 0.3) is 11.1 Å². The van der Waals surface area contributed by atoms with Gasteiger partial charge in [-0.25, -0.2) is 4.79 Å². The molecule has 0 saturated carbocycles. The van der Waals surface area contributed by atoms with E-state index in [2.05, 4.69) is 36.6 Å². The summed E-state index contributed by atoms with van der Waals surface area (Å²) in [4.78, 5) is 36.5. The quantitative estimate of drug-likeness (QED) is 0.445. The highest BCUT2D eigenvalue weighted by atomic mass is 16.5. The maximum atomic E-state index is 12.8. The summed E-state index contributed by atoms with van der Waals surface area (Å²) in [5.74, 6) is -1.08. The Labute approximate surface area is 200 Å². The Morgan fingerprint density at radius 2 is 1.56 bits per heavy atom. The van der Waals surface area contributed by atoms with Crippen molar-refractivity contribution in [3.05, 3.63) is 59.7 Å². The number of hydrogen-bond acceptors (Lipinski definition) is 4. The van der Waals surface area contributed by atoms with Gasteiger partial charge < -0.3 is 20.5 Å². The van der Waals surface area contributed by atoms with Crippen molar-refractivity contribution in [3.63, 3.8) is 0 Å². The normalized spacial score (nSPS) is 14.9. The summed E-state index contributed by atoms with van der Waals surface area (Å²) in [6, 6.07) is 15.0. The molecule has 2 aromatic carbocycles. The SMILES string of the molecule is CCC(C)CC(C)NC(=O)C(CCC(=O)O)NC(=O)OCC1c2ccccc2-c2ccccc21. The Morgan fingerprint density at radius 3 is 2.12 bits per heavy atom. The third-order valence-corrected chi connectivity index (χ3v) is 6.44. The van der Waals surface area contributed by atoms with Gasteiger partial charge in [0.05, 0.1) is 0 Å². The first-order valence-electron chi connectivity index (χ1n) is 11.9. The van der Waals surface area contributed by atoms with Crippen LogP contribution in [0.2, 0.25) is 0 Å². The Morgan fingerprint density at radius 1 is 0.971 bits per heavy atom. The molecule has 0 bridgehead atoms. The van der Waals surface area contributed by atoms with Crippen molar-refractivity contribution in [3.8, 4) is 11.1 Å². The number of alkyl carbamates (subject to hydrolysis) is 1. The summed E-state index contributed by atoms with van der Waals surface area (Å²) in [7, 11) is 0. The number of carboxylic acid groups (broad SMARTS) is 1. The lowest BCUT2D eigenvalue weighted by Crippen LogP contribution is -2.49. The van der Waals surface area contributed by atoms with E-state index in [0.29, 0.717) is 5.92 Å². The van der Waals surface area contributed by atoms with Crippen LogP contribution in [0, 0.1) is 5.92 Å². The molecule has 0 aliphatic heterocycles. The number of carbonyl (C=O) groups excluding carboxylic acids is 2. The number of fused-ring (bicyclic) bond motifs is 3. The minimum absolute atomic E-state index is 0.0125. The van der Waals surface area contributed by atoms with Gasteiger partial charge in [-0.05, 0) is 47.9 Å². The van der Waals surface area contributed by atoms with Crippen molar-refractivity contribution < 1.29 is 24.2 Å². The Kier molecular flexibility index (Phi) is 8.68. The molecule has 0 saturated heterocycles. The molecule has 3 unspecified atom stereocenters. The van der Waals surface area contributed by atoms with Crippen molar-refractivity contribution in [1.82, 2.24) is 10.6 Å². The fourth-order valence-corrected chi connectivity index (χ4v) is 4.49. The molecule has 2 amide bonds. The van der Waals surface area contributed by atoms with Gasteiger partial charge >= 0.3 is 12.1 Å². The molecule has 0 heterocycles. The number of aliphatic carboxylic acids is 1. The molecule has 34 heavy (non-hydrogen) atoms. The van der Waals surface area contributed by atoms with Gasteiger partial charge in [0.2, 0.25) is 5.91 Å². The molecule has 7 nitrogen and oxygen atoms in total. The van der Waals surface area contributed by atoms with Gasteiger partial charge in [-0.1, -0.05) is 68.8 Å². The first-order valence-corrected chi connectivity index (χ1v) is 11.9. The van der Waals surface area contributed by atoms with Crippen molar-refractivity contribution in [2.45, 2.75) is 64.5 Å². The number of benzene rings is 2. The highest BCUT2D eigenvalue weighted by Gasteiger charge is 2.30. The lowest BCUT2D eigenvalue weighted by molar-refractivity contribution is -0.137. The van der Waals surface area contributed by atoms with E-state index in [1.165, 1.54) is 0 Å². The topological polar surface area (TPSA) is 105 Å². The molecular formula is C27H34N2O5. The summed E-state index contributed by atoms with van der Waals surface area (Å²) in [5.41, 5.74) is 4.44. The summed E-state index contributed by atoms with van der Waals surface area (Å²) >= 11 is 0. The zero-order valence-corrected chi connectivity index (χ0v) is 20.0. The van der Waals surface area contributed by atoms with Gasteiger partial charge in [0.1, 0.15) is 12.6 Å². The zero-order chi connectivity index (χ0) is 24.7. The van der Waals surface area contributed by atoms with Crippen LogP contribution in [0.3, 0.4) is 0 Å². The monoisotopic (exact) mass is 466 g/mol. The number of rotatable bonds is 11. The van der Waals surface area contributed by atoms with E-state index in [1.54, 1.807) is 0 Å². The molecule has 2 aromatic rings. The third-order valence-electron chi connectivity index (χ3n) is 6.44. The van der Waals surface area contributed by atoms with Crippen molar-refractivity contribution in [2.75, 3.05) is 6.61 Å². The van der Waals surface area contributed by atoms with Crippen LogP contribution in [0.1, 0.15) is 63.5 Å². The second-order valence-corrected chi connectivity index (χ2v) is 9.11. The Balaban J connectivity index is 1.63. The first-order chi connectivity index (χ1) is 16.3. The summed E-state index contributed by atoms with van der Waals surface area (Å²) in [6.07, 6.45) is 0.824. The van der Waals surface area contributed by atoms with Gasteiger partial charge in [-0.3, -0.25) is 9.59 Å². The summed E-state index contributed by atoms with van der Waals surface area (Å²) in [5, 5.41) is 14.5. The van der Waals surface area contributed by atoms with E-state index < -0.39 is 24.0 Å². The van der Waals surface area contributed by atoms with Crippen LogP contribution in [-0.4, -0.2) is 41.8 Å². The molecule has 3 atom stereocenters. The molecule has 0 aromatic heterocycles. The predicted molar refractivity (Wildman–Crippen MR) is 131 cm³/mol. The average molecular weight is 467 g/mol. The van der Waals surface area contributed by atoms with Crippen LogP contribution in [0.5, 0.6) is 0 Å². The van der Waals surface area contributed by atoms with Crippen molar-refractivity contribution in [1.29, 1.82) is 0 Å². The lowest BCUT2D eigenvalue weighted by Gasteiger charge is -2.23. The number of hydrogen-bond donors (Lipinski definition) is 3. The van der Waals surface area contributed by atoms with Gasteiger partial charge in [0, 0.05) is 18.4 Å². The molecule has 3 rings (SSSR count). The molecule has 1 aliphatic carbocycles. The number of carboxylic acids is 1. The van der Waals surface area contributed by atoms with E-state index in [0.717, 1.165) is 35.1 Å². The average Bonchev–Trinajstić information content (AvgIpc) is 3.13. The molecular weight excluding hydrogens is 432 g/mol. The van der Waals surface area contributed by atoms with Crippen LogP contribution < -0.4 is 10.6 Å². The molecule has 0 spiro atoms. The molecule has 7 heteroatoms. The molecule has 3 N–H and O–H groups in total. The van der Waals surface area contributed by atoms with E-state index >= 15 is 0 Å². The summed E-state index contributed by atoms with van der Waals surface area (Å²) in [6.45, 7) is 6.23. The standard InChI is InChI=1S/C27H34N2O5/c1-4-17(2)15-18(3)28-26(32)24(13-14-25(30)31)29-27(33)34-16-23-21-11-7-5-9-19(21)20-10-6-8-12-22(20)23/h5-12,17-18,23-24H,4,13-16H2,1-3H3,(H,28,32)(H,29,33)(H,30,31). The van der Waals surface area contributed by atoms with Crippen molar-refractivity contribution in [2.24, 2.45) is 5.92 Å². The van der Waals surface area contributed by atoms with Gasteiger partial charge in [-0.15, -0.1) is 0 Å². The van der Waals surface area contributed by atoms with Crippen LogP contribution >= 0.6 is 0 Å². The molecule has 182 valence electrons. The fraction of sp³-hybridized carbons (Fsp3) is 0.444. The first kappa shape index (κ1) is 25.3. The van der Waals surface area contributed by atoms with E-state index in [-0.39, 0.29) is 31.4 Å². The predicted octanol–water partition coefficient (Wildman–Crippen LogP) is 4.70. The maximum Gasteiger partial charge on any atom is 0.407 e. The van der Waals surface area contributed by atoms with Crippen molar-refractivity contribution >= 4 is 18.0 Å². The minimum Gasteiger partial charge on any atom is -0.481 e. The third kappa shape index (κ3) is 6.37.